The summed E-state index contributed by atoms with van der Waals surface area (Å²) in [6, 6.07) is 0. The molecule has 0 aromatic heterocycles. The molecule has 0 aromatic carbocycles. The SMILES string of the molecule is CCCC1(CCC)CC(CNCC)(C2=CCCCC2)C1. The van der Waals surface area contributed by atoms with Crippen LogP contribution in [0.4, 0.5) is 0 Å². The number of hydrogen-bond donors (Lipinski definition) is 1. The second kappa shape index (κ2) is 7.11. The molecular weight excluding hydrogens is 242 g/mol. The Kier molecular flexibility index (Phi) is 5.72. The summed E-state index contributed by atoms with van der Waals surface area (Å²) in [4.78, 5) is 0. The maximum Gasteiger partial charge on any atom is 0.00472 e. The number of nitrogens with one attached hydrogen (secondary N) is 1. The first-order chi connectivity index (χ1) is 9.70. The third-order valence-electron chi connectivity index (χ3n) is 5.67. The van der Waals surface area contributed by atoms with Gasteiger partial charge in [-0.25, -0.2) is 0 Å². The molecule has 2 aliphatic rings. The van der Waals surface area contributed by atoms with Crippen LogP contribution in [-0.4, -0.2) is 13.1 Å². The maximum absolute atomic E-state index is 3.67. The fraction of sp³-hybridized carbons (Fsp3) is 0.895. The zero-order chi connectivity index (χ0) is 14.5. The van der Waals surface area contributed by atoms with E-state index in [4.69, 9.17) is 0 Å². The van der Waals surface area contributed by atoms with Crippen molar-refractivity contribution in [2.45, 2.75) is 85.0 Å². The fourth-order valence-electron chi connectivity index (χ4n) is 5.07. The number of allylic oxidation sites excluding steroid dienone is 1. The van der Waals surface area contributed by atoms with Gasteiger partial charge in [0.25, 0.3) is 0 Å². The van der Waals surface area contributed by atoms with Gasteiger partial charge >= 0.3 is 0 Å². The maximum atomic E-state index is 3.67. The Bertz CT molecular complexity index is 315. The Morgan fingerprint density at radius 2 is 1.75 bits per heavy atom. The predicted octanol–water partition coefficient (Wildman–Crippen LogP) is 5.46. The van der Waals surface area contributed by atoms with Crippen molar-refractivity contribution in [2.24, 2.45) is 10.8 Å². The van der Waals surface area contributed by atoms with E-state index in [1.807, 2.05) is 5.57 Å². The first kappa shape index (κ1) is 16.1. The van der Waals surface area contributed by atoms with Crippen LogP contribution in [0.5, 0.6) is 0 Å². The molecule has 1 heteroatoms. The van der Waals surface area contributed by atoms with Crippen LogP contribution in [0.25, 0.3) is 0 Å². The predicted molar refractivity (Wildman–Crippen MR) is 89.0 cm³/mol. The van der Waals surface area contributed by atoms with Crippen molar-refractivity contribution in [3.05, 3.63) is 11.6 Å². The highest BCUT2D eigenvalue weighted by atomic mass is 14.9. The largest absolute Gasteiger partial charge is 0.316 e. The summed E-state index contributed by atoms with van der Waals surface area (Å²) in [5.74, 6) is 0. The summed E-state index contributed by atoms with van der Waals surface area (Å²) >= 11 is 0. The Morgan fingerprint density at radius 3 is 2.25 bits per heavy atom. The molecule has 0 aromatic rings. The lowest BCUT2D eigenvalue weighted by atomic mass is 9.47. The molecule has 1 N–H and O–H groups in total. The lowest BCUT2D eigenvalue weighted by molar-refractivity contribution is -0.0302. The molecule has 0 atom stereocenters. The Morgan fingerprint density at radius 1 is 1.05 bits per heavy atom. The molecule has 0 aliphatic heterocycles. The second-order valence-corrected chi connectivity index (χ2v) is 7.39. The van der Waals surface area contributed by atoms with Crippen molar-refractivity contribution < 1.29 is 0 Å². The minimum absolute atomic E-state index is 0.529. The van der Waals surface area contributed by atoms with E-state index in [2.05, 4.69) is 32.2 Å². The van der Waals surface area contributed by atoms with Crippen LogP contribution in [0.3, 0.4) is 0 Å². The van der Waals surface area contributed by atoms with E-state index < -0.39 is 0 Å². The van der Waals surface area contributed by atoms with Crippen molar-refractivity contribution in [1.82, 2.24) is 5.32 Å². The minimum Gasteiger partial charge on any atom is -0.316 e. The summed E-state index contributed by atoms with van der Waals surface area (Å²) in [7, 11) is 0. The summed E-state index contributed by atoms with van der Waals surface area (Å²) in [5, 5.41) is 3.67. The molecule has 0 saturated heterocycles. The fourth-order valence-corrected chi connectivity index (χ4v) is 5.07. The lowest BCUT2D eigenvalue weighted by Crippen LogP contribution is -2.53. The number of hydrogen-bond acceptors (Lipinski definition) is 1. The zero-order valence-electron chi connectivity index (χ0n) is 14.1. The highest BCUT2D eigenvalue weighted by Gasteiger charge is 2.54. The van der Waals surface area contributed by atoms with Crippen molar-refractivity contribution in [3.63, 3.8) is 0 Å². The van der Waals surface area contributed by atoms with Crippen LogP contribution in [0, 0.1) is 10.8 Å². The van der Waals surface area contributed by atoms with Gasteiger partial charge in [-0.2, -0.15) is 0 Å². The van der Waals surface area contributed by atoms with Gasteiger partial charge in [-0.05, 0) is 63.3 Å². The highest BCUT2D eigenvalue weighted by Crippen LogP contribution is 2.63. The van der Waals surface area contributed by atoms with Crippen LogP contribution < -0.4 is 5.32 Å². The van der Waals surface area contributed by atoms with E-state index in [1.54, 1.807) is 0 Å². The van der Waals surface area contributed by atoms with Gasteiger partial charge in [-0.15, -0.1) is 0 Å². The summed E-state index contributed by atoms with van der Waals surface area (Å²) in [5.41, 5.74) is 3.02. The molecule has 1 nitrogen and oxygen atoms in total. The standard InChI is InChI=1S/C19H35N/c1-4-12-18(13-5-2)14-19(15-18,16-20-6-3)17-10-8-7-9-11-17/h10,20H,4-9,11-16H2,1-3H3. The quantitative estimate of drug-likeness (QED) is 0.581. The van der Waals surface area contributed by atoms with Crippen molar-refractivity contribution in [3.8, 4) is 0 Å². The molecule has 0 unspecified atom stereocenters. The molecule has 1 fully saturated rings. The topological polar surface area (TPSA) is 12.0 Å². The van der Waals surface area contributed by atoms with E-state index >= 15 is 0 Å². The van der Waals surface area contributed by atoms with Gasteiger partial charge in [0.2, 0.25) is 0 Å². The van der Waals surface area contributed by atoms with Gasteiger partial charge < -0.3 is 5.32 Å². The van der Waals surface area contributed by atoms with Crippen LogP contribution in [-0.2, 0) is 0 Å². The first-order valence-corrected chi connectivity index (χ1v) is 9.10. The van der Waals surface area contributed by atoms with Crippen molar-refractivity contribution in [1.29, 1.82) is 0 Å². The highest BCUT2D eigenvalue weighted by molar-refractivity contribution is 5.25. The summed E-state index contributed by atoms with van der Waals surface area (Å²) < 4.78 is 0. The average molecular weight is 277 g/mol. The van der Waals surface area contributed by atoms with Crippen LogP contribution >= 0.6 is 0 Å². The first-order valence-electron chi connectivity index (χ1n) is 9.10. The third-order valence-corrected chi connectivity index (χ3v) is 5.67. The second-order valence-electron chi connectivity index (χ2n) is 7.39. The molecule has 116 valence electrons. The van der Waals surface area contributed by atoms with Crippen molar-refractivity contribution in [2.75, 3.05) is 13.1 Å². The van der Waals surface area contributed by atoms with E-state index in [1.165, 1.54) is 70.8 Å². The molecule has 2 rings (SSSR count). The molecule has 0 heterocycles. The van der Waals surface area contributed by atoms with Crippen LogP contribution in [0.15, 0.2) is 11.6 Å². The van der Waals surface area contributed by atoms with E-state index in [0.29, 0.717) is 10.8 Å². The number of rotatable bonds is 8. The Hall–Kier alpha value is -0.300. The molecule has 1 saturated carbocycles. The Balaban J connectivity index is 2.09. The summed E-state index contributed by atoms with van der Waals surface area (Å²) in [6.07, 6.45) is 16.7. The smallest absolute Gasteiger partial charge is 0.00472 e. The molecular formula is C19H35N. The molecule has 0 radical (unpaired) electrons. The van der Waals surface area contributed by atoms with Gasteiger partial charge in [0.1, 0.15) is 0 Å². The normalized spacial score (nSPS) is 24.1. The third kappa shape index (κ3) is 3.30. The van der Waals surface area contributed by atoms with Crippen LogP contribution in [0.1, 0.15) is 85.0 Å². The summed E-state index contributed by atoms with van der Waals surface area (Å²) in [6.45, 7) is 9.31. The molecule has 0 bridgehead atoms. The zero-order valence-corrected chi connectivity index (χ0v) is 14.1. The van der Waals surface area contributed by atoms with E-state index in [-0.39, 0.29) is 0 Å². The lowest BCUT2D eigenvalue weighted by Gasteiger charge is -2.59. The van der Waals surface area contributed by atoms with Gasteiger partial charge in [-0.3, -0.25) is 0 Å². The molecule has 0 amide bonds. The Labute approximate surface area is 126 Å². The van der Waals surface area contributed by atoms with Gasteiger partial charge in [0.05, 0.1) is 0 Å². The molecule has 20 heavy (non-hydrogen) atoms. The van der Waals surface area contributed by atoms with Gasteiger partial charge in [0, 0.05) is 12.0 Å². The van der Waals surface area contributed by atoms with Crippen molar-refractivity contribution >= 4 is 0 Å². The molecule has 2 aliphatic carbocycles. The van der Waals surface area contributed by atoms with Gasteiger partial charge in [0.15, 0.2) is 0 Å². The van der Waals surface area contributed by atoms with E-state index in [9.17, 15) is 0 Å². The van der Waals surface area contributed by atoms with E-state index in [0.717, 1.165) is 6.54 Å². The van der Waals surface area contributed by atoms with Gasteiger partial charge in [-0.1, -0.05) is 45.3 Å². The molecule has 0 spiro atoms. The average Bonchev–Trinajstić information content (AvgIpc) is 2.44. The van der Waals surface area contributed by atoms with Crippen LogP contribution in [0.2, 0.25) is 0 Å². The minimum atomic E-state index is 0.529. The monoisotopic (exact) mass is 277 g/mol.